The average Bonchev–Trinajstić information content (AvgIpc) is 2.35. The second-order valence-electron chi connectivity index (χ2n) is 2.64. The minimum atomic E-state index is -1.12. The molecular weight excluding hydrogens is 194 g/mol. The van der Waals surface area contributed by atoms with E-state index >= 15 is 0 Å². The number of thiol groups is 1. The number of aliphatic carboxylic acids is 1. The molecule has 5 heteroatoms. The van der Waals surface area contributed by atoms with Crippen molar-refractivity contribution < 1.29 is 9.90 Å². The Balaban J connectivity index is 3.13. The number of nitrogens with zero attached hydrogens (tertiary/aromatic N) is 1. The predicted molar refractivity (Wildman–Crippen MR) is 50.8 cm³/mol. The van der Waals surface area contributed by atoms with Gasteiger partial charge in [-0.1, -0.05) is 0 Å². The third-order valence-electron chi connectivity index (χ3n) is 1.60. The summed E-state index contributed by atoms with van der Waals surface area (Å²) in [6.07, 6.45) is 0. The van der Waals surface area contributed by atoms with E-state index in [9.17, 15) is 4.79 Å². The molecule has 0 radical (unpaired) electrons. The van der Waals surface area contributed by atoms with Crippen LogP contribution in [-0.2, 0) is 9.54 Å². The fraction of sp³-hybridized carbons (Fsp3) is 0.429. The van der Waals surface area contributed by atoms with Crippen LogP contribution in [0.5, 0.6) is 0 Å². The SMILES string of the molecule is Cc1ncsc1C(C)(S)C(=O)O. The first kappa shape index (κ1) is 9.54. The molecule has 0 saturated carbocycles. The third-order valence-corrected chi connectivity index (χ3v) is 3.32. The Morgan fingerprint density at radius 1 is 1.83 bits per heavy atom. The van der Waals surface area contributed by atoms with Crippen LogP contribution < -0.4 is 0 Å². The number of hydrogen-bond donors (Lipinski definition) is 2. The fourth-order valence-electron chi connectivity index (χ4n) is 0.866. The Morgan fingerprint density at radius 2 is 2.42 bits per heavy atom. The van der Waals surface area contributed by atoms with E-state index in [-0.39, 0.29) is 0 Å². The Hall–Kier alpha value is -0.550. The van der Waals surface area contributed by atoms with E-state index < -0.39 is 10.7 Å². The van der Waals surface area contributed by atoms with E-state index in [0.29, 0.717) is 4.88 Å². The number of aromatic nitrogens is 1. The lowest BCUT2D eigenvalue weighted by molar-refractivity contribution is -0.139. The molecule has 1 heterocycles. The normalized spacial score (nSPS) is 15.6. The molecule has 0 aliphatic carbocycles. The van der Waals surface area contributed by atoms with Crippen molar-refractivity contribution in [2.24, 2.45) is 0 Å². The van der Waals surface area contributed by atoms with Crippen LogP contribution >= 0.6 is 24.0 Å². The second-order valence-corrected chi connectivity index (χ2v) is 4.39. The highest BCUT2D eigenvalue weighted by Crippen LogP contribution is 2.33. The zero-order valence-electron chi connectivity index (χ0n) is 6.74. The van der Waals surface area contributed by atoms with Crippen LogP contribution in [0.25, 0.3) is 0 Å². The quantitative estimate of drug-likeness (QED) is 0.719. The van der Waals surface area contributed by atoms with Gasteiger partial charge in [-0.3, -0.25) is 4.79 Å². The summed E-state index contributed by atoms with van der Waals surface area (Å²) in [7, 11) is 0. The number of carboxylic acid groups (broad SMARTS) is 1. The van der Waals surface area contributed by atoms with Gasteiger partial charge in [-0.2, -0.15) is 12.6 Å². The molecule has 1 atom stereocenters. The van der Waals surface area contributed by atoms with Gasteiger partial charge in [-0.15, -0.1) is 11.3 Å². The molecule has 0 saturated heterocycles. The van der Waals surface area contributed by atoms with Gasteiger partial charge in [-0.25, -0.2) is 4.98 Å². The third kappa shape index (κ3) is 1.47. The molecule has 1 aromatic rings. The van der Waals surface area contributed by atoms with Gasteiger partial charge in [0.25, 0.3) is 0 Å². The largest absolute Gasteiger partial charge is 0.480 e. The molecule has 1 rings (SSSR count). The van der Waals surface area contributed by atoms with Gasteiger partial charge >= 0.3 is 5.97 Å². The van der Waals surface area contributed by atoms with Gasteiger partial charge in [-0.05, 0) is 13.8 Å². The van der Waals surface area contributed by atoms with Gasteiger partial charge in [0.2, 0.25) is 0 Å². The minimum Gasteiger partial charge on any atom is -0.480 e. The first-order chi connectivity index (χ1) is 5.46. The summed E-state index contributed by atoms with van der Waals surface area (Å²) >= 11 is 5.39. The first-order valence-electron chi connectivity index (χ1n) is 3.32. The fourth-order valence-corrected chi connectivity index (χ4v) is 2.04. The van der Waals surface area contributed by atoms with Crippen molar-refractivity contribution in [2.45, 2.75) is 18.6 Å². The molecule has 3 nitrogen and oxygen atoms in total. The van der Waals surface area contributed by atoms with Crippen molar-refractivity contribution in [3.05, 3.63) is 16.1 Å². The Labute approximate surface area is 79.9 Å². The van der Waals surface area contributed by atoms with E-state index in [1.165, 1.54) is 11.3 Å². The van der Waals surface area contributed by atoms with E-state index in [0.717, 1.165) is 5.69 Å². The molecule has 0 fully saturated rings. The van der Waals surface area contributed by atoms with Crippen LogP contribution in [-0.4, -0.2) is 16.1 Å². The van der Waals surface area contributed by atoms with Crippen LogP contribution in [0.15, 0.2) is 5.51 Å². The first-order valence-corrected chi connectivity index (χ1v) is 4.65. The summed E-state index contributed by atoms with van der Waals surface area (Å²) in [6.45, 7) is 3.34. The summed E-state index contributed by atoms with van der Waals surface area (Å²) in [4.78, 5) is 15.4. The molecule has 12 heavy (non-hydrogen) atoms. The number of hydrogen-bond acceptors (Lipinski definition) is 4. The van der Waals surface area contributed by atoms with E-state index in [2.05, 4.69) is 17.6 Å². The molecule has 66 valence electrons. The number of aryl methyl sites for hydroxylation is 1. The lowest BCUT2D eigenvalue weighted by atomic mass is 10.1. The monoisotopic (exact) mass is 203 g/mol. The van der Waals surface area contributed by atoms with Crippen LogP contribution in [0.4, 0.5) is 0 Å². The Morgan fingerprint density at radius 3 is 2.75 bits per heavy atom. The standard InChI is InChI=1S/C7H9NO2S2/c1-4-5(12-3-8-4)7(2,11)6(9)10/h3,11H,1-2H3,(H,9,10). The molecular formula is C7H9NO2S2. The van der Waals surface area contributed by atoms with Crippen molar-refractivity contribution >= 4 is 29.9 Å². The van der Waals surface area contributed by atoms with Gasteiger partial charge in [0.1, 0.15) is 4.75 Å². The van der Waals surface area contributed by atoms with E-state index in [4.69, 9.17) is 5.11 Å². The molecule has 0 aliphatic rings. The summed E-state index contributed by atoms with van der Waals surface area (Å²) < 4.78 is -1.12. The smallest absolute Gasteiger partial charge is 0.324 e. The molecule has 1 aromatic heterocycles. The van der Waals surface area contributed by atoms with Crippen molar-refractivity contribution in [1.82, 2.24) is 4.98 Å². The van der Waals surface area contributed by atoms with E-state index in [1.807, 2.05) is 0 Å². The van der Waals surface area contributed by atoms with Gasteiger partial charge < -0.3 is 5.11 Å². The van der Waals surface area contributed by atoms with E-state index in [1.54, 1.807) is 19.4 Å². The summed E-state index contributed by atoms with van der Waals surface area (Å²) in [5.74, 6) is -0.946. The molecule has 0 spiro atoms. The summed E-state index contributed by atoms with van der Waals surface area (Å²) in [6, 6.07) is 0. The molecule has 1 N–H and O–H groups in total. The zero-order valence-corrected chi connectivity index (χ0v) is 8.45. The number of thiazole rings is 1. The highest BCUT2D eigenvalue weighted by molar-refractivity contribution is 7.82. The second kappa shape index (κ2) is 3.06. The van der Waals surface area contributed by atoms with Crippen molar-refractivity contribution in [3.8, 4) is 0 Å². The minimum absolute atomic E-state index is 0.693. The zero-order chi connectivity index (χ0) is 9.35. The molecule has 0 bridgehead atoms. The van der Waals surface area contributed by atoms with Crippen molar-refractivity contribution in [3.63, 3.8) is 0 Å². The topological polar surface area (TPSA) is 50.2 Å². The molecule has 0 aliphatic heterocycles. The number of carbonyl (C=O) groups is 1. The maximum atomic E-state index is 10.8. The van der Waals surface area contributed by atoms with Crippen LogP contribution in [0.1, 0.15) is 17.5 Å². The van der Waals surface area contributed by atoms with Gasteiger partial charge in [0, 0.05) is 0 Å². The van der Waals surface area contributed by atoms with Gasteiger partial charge in [0.15, 0.2) is 0 Å². The summed E-state index contributed by atoms with van der Waals surface area (Å²) in [5.41, 5.74) is 2.36. The number of rotatable bonds is 2. The van der Waals surface area contributed by atoms with Crippen molar-refractivity contribution in [2.75, 3.05) is 0 Å². The maximum absolute atomic E-state index is 10.8. The molecule has 0 amide bonds. The summed E-state index contributed by atoms with van der Waals surface area (Å²) in [5, 5.41) is 8.84. The van der Waals surface area contributed by atoms with Crippen LogP contribution in [0.3, 0.4) is 0 Å². The predicted octanol–water partition coefficient (Wildman–Crippen LogP) is 1.68. The lowest BCUT2D eigenvalue weighted by Crippen LogP contribution is -2.25. The molecule has 0 aromatic carbocycles. The lowest BCUT2D eigenvalue weighted by Gasteiger charge is -2.16. The van der Waals surface area contributed by atoms with Crippen LogP contribution in [0.2, 0.25) is 0 Å². The van der Waals surface area contributed by atoms with Crippen molar-refractivity contribution in [1.29, 1.82) is 0 Å². The Bertz CT molecular complexity index is 306. The van der Waals surface area contributed by atoms with Crippen LogP contribution in [0, 0.1) is 6.92 Å². The Kier molecular flexibility index (Phi) is 2.44. The highest BCUT2D eigenvalue weighted by Gasteiger charge is 2.33. The number of carboxylic acids is 1. The maximum Gasteiger partial charge on any atom is 0.324 e. The molecule has 1 unspecified atom stereocenters. The average molecular weight is 203 g/mol. The highest BCUT2D eigenvalue weighted by atomic mass is 32.1. The van der Waals surface area contributed by atoms with Gasteiger partial charge in [0.05, 0.1) is 16.1 Å².